The van der Waals surface area contributed by atoms with Gasteiger partial charge in [-0.05, 0) is 19.1 Å². The standard InChI is InChI=1S/C10H14BrNO2/c1-7(13)6-12-9-3-8(11)4-10(5-9)14-2/h3-5,7,12-13H,6H2,1-2H3/t7-/m0/s1. The summed E-state index contributed by atoms with van der Waals surface area (Å²) in [6.07, 6.45) is -0.361. The van der Waals surface area contributed by atoms with E-state index in [2.05, 4.69) is 21.2 Å². The molecule has 78 valence electrons. The average Bonchev–Trinajstić information content (AvgIpc) is 2.14. The molecular formula is C10H14BrNO2. The van der Waals surface area contributed by atoms with Gasteiger partial charge >= 0.3 is 0 Å². The summed E-state index contributed by atoms with van der Waals surface area (Å²) in [5.41, 5.74) is 0.928. The number of hydrogen-bond donors (Lipinski definition) is 2. The largest absolute Gasteiger partial charge is 0.497 e. The first-order valence-electron chi connectivity index (χ1n) is 4.38. The fourth-order valence-corrected chi connectivity index (χ4v) is 1.52. The van der Waals surface area contributed by atoms with Crippen LogP contribution >= 0.6 is 15.9 Å². The lowest BCUT2D eigenvalue weighted by Crippen LogP contribution is -2.15. The lowest BCUT2D eigenvalue weighted by molar-refractivity contribution is 0.208. The predicted molar refractivity (Wildman–Crippen MR) is 60.9 cm³/mol. The molecule has 0 radical (unpaired) electrons. The van der Waals surface area contributed by atoms with Crippen LogP contribution in [-0.4, -0.2) is 24.9 Å². The van der Waals surface area contributed by atoms with Crippen molar-refractivity contribution in [1.82, 2.24) is 0 Å². The number of rotatable bonds is 4. The van der Waals surface area contributed by atoms with Gasteiger partial charge in [-0.3, -0.25) is 0 Å². The Morgan fingerprint density at radius 1 is 1.50 bits per heavy atom. The minimum absolute atomic E-state index is 0.361. The Morgan fingerprint density at radius 3 is 2.79 bits per heavy atom. The van der Waals surface area contributed by atoms with Crippen LogP contribution in [0.1, 0.15) is 6.92 Å². The van der Waals surface area contributed by atoms with Crippen LogP contribution in [0.5, 0.6) is 5.75 Å². The van der Waals surface area contributed by atoms with E-state index in [1.807, 2.05) is 18.2 Å². The Balaban J connectivity index is 2.71. The SMILES string of the molecule is COc1cc(Br)cc(NC[C@H](C)O)c1. The molecule has 1 aromatic carbocycles. The molecule has 0 bridgehead atoms. The van der Waals surface area contributed by atoms with Crippen LogP contribution in [0.4, 0.5) is 5.69 Å². The molecule has 0 aliphatic heterocycles. The number of ether oxygens (including phenoxy) is 1. The van der Waals surface area contributed by atoms with Crippen molar-refractivity contribution in [1.29, 1.82) is 0 Å². The summed E-state index contributed by atoms with van der Waals surface area (Å²) < 4.78 is 6.06. The van der Waals surface area contributed by atoms with Crippen LogP contribution in [-0.2, 0) is 0 Å². The van der Waals surface area contributed by atoms with Crippen molar-refractivity contribution in [2.75, 3.05) is 19.0 Å². The summed E-state index contributed by atoms with van der Waals surface area (Å²) in [6, 6.07) is 5.70. The van der Waals surface area contributed by atoms with Gasteiger partial charge < -0.3 is 15.2 Å². The van der Waals surface area contributed by atoms with Gasteiger partial charge in [0.05, 0.1) is 13.2 Å². The molecule has 14 heavy (non-hydrogen) atoms. The maximum atomic E-state index is 9.10. The number of hydrogen-bond acceptors (Lipinski definition) is 3. The Morgan fingerprint density at radius 2 is 2.21 bits per heavy atom. The molecule has 0 heterocycles. The van der Waals surface area contributed by atoms with E-state index in [9.17, 15) is 0 Å². The third-order valence-electron chi connectivity index (χ3n) is 1.71. The Hall–Kier alpha value is -0.740. The third kappa shape index (κ3) is 3.55. The van der Waals surface area contributed by atoms with Crippen molar-refractivity contribution in [2.45, 2.75) is 13.0 Å². The van der Waals surface area contributed by atoms with E-state index in [0.717, 1.165) is 15.9 Å². The van der Waals surface area contributed by atoms with Gasteiger partial charge in [0.25, 0.3) is 0 Å². The number of nitrogens with one attached hydrogen (secondary N) is 1. The van der Waals surface area contributed by atoms with Crippen molar-refractivity contribution in [3.63, 3.8) is 0 Å². The normalized spacial score (nSPS) is 12.3. The highest BCUT2D eigenvalue weighted by Gasteiger charge is 2.00. The second-order valence-corrected chi connectivity index (χ2v) is 4.03. The van der Waals surface area contributed by atoms with Gasteiger partial charge in [0, 0.05) is 22.8 Å². The molecule has 2 N–H and O–H groups in total. The fraction of sp³-hybridized carbons (Fsp3) is 0.400. The van der Waals surface area contributed by atoms with E-state index < -0.39 is 0 Å². The molecule has 1 aromatic rings. The Bertz CT molecular complexity index is 302. The monoisotopic (exact) mass is 259 g/mol. The number of anilines is 1. The molecule has 0 spiro atoms. The van der Waals surface area contributed by atoms with Crippen molar-refractivity contribution in [3.05, 3.63) is 22.7 Å². The van der Waals surface area contributed by atoms with Gasteiger partial charge in [0.2, 0.25) is 0 Å². The number of benzene rings is 1. The molecule has 0 aromatic heterocycles. The molecule has 0 unspecified atom stereocenters. The lowest BCUT2D eigenvalue weighted by atomic mass is 10.3. The van der Waals surface area contributed by atoms with Crippen LogP contribution < -0.4 is 10.1 Å². The predicted octanol–water partition coefficient (Wildman–Crippen LogP) is 2.25. The summed E-state index contributed by atoms with van der Waals surface area (Å²) in [4.78, 5) is 0. The highest BCUT2D eigenvalue weighted by atomic mass is 79.9. The molecule has 0 aliphatic carbocycles. The lowest BCUT2D eigenvalue weighted by Gasteiger charge is -2.10. The maximum Gasteiger partial charge on any atom is 0.122 e. The van der Waals surface area contributed by atoms with Crippen molar-refractivity contribution in [2.24, 2.45) is 0 Å². The topological polar surface area (TPSA) is 41.5 Å². The first-order valence-corrected chi connectivity index (χ1v) is 5.17. The van der Waals surface area contributed by atoms with Crippen LogP contribution in [0.2, 0.25) is 0 Å². The van der Waals surface area contributed by atoms with Crippen molar-refractivity contribution in [3.8, 4) is 5.75 Å². The smallest absolute Gasteiger partial charge is 0.122 e. The summed E-state index contributed by atoms with van der Waals surface area (Å²) in [5.74, 6) is 0.785. The molecule has 1 atom stereocenters. The van der Waals surface area contributed by atoms with Gasteiger partial charge in [-0.15, -0.1) is 0 Å². The van der Waals surface area contributed by atoms with E-state index in [0.29, 0.717) is 6.54 Å². The van der Waals surface area contributed by atoms with E-state index in [4.69, 9.17) is 9.84 Å². The van der Waals surface area contributed by atoms with Gasteiger partial charge in [-0.25, -0.2) is 0 Å². The summed E-state index contributed by atoms with van der Waals surface area (Å²) in [7, 11) is 1.63. The third-order valence-corrected chi connectivity index (χ3v) is 2.17. The summed E-state index contributed by atoms with van der Waals surface area (Å²) in [6.45, 7) is 2.27. The van der Waals surface area contributed by atoms with E-state index >= 15 is 0 Å². The number of methoxy groups -OCH3 is 1. The molecule has 0 saturated heterocycles. The maximum absolute atomic E-state index is 9.10. The minimum atomic E-state index is -0.361. The molecule has 0 saturated carbocycles. The van der Waals surface area contributed by atoms with E-state index in [1.54, 1.807) is 14.0 Å². The van der Waals surface area contributed by atoms with Crippen LogP contribution in [0.3, 0.4) is 0 Å². The first-order chi connectivity index (χ1) is 6.61. The van der Waals surface area contributed by atoms with Crippen molar-refractivity contribution >= 4 is 21.6 Å². The first kappa shape index (κ1) is 11.3. The molecule has 4 heteroatoms. The van der Waals surface area contributed by atoms with E-state index in [1.165, 1.54) is 0 Å². The molecule has 1 rings (SSSR count). The Labute approximate surface area is 92.2 Å². The zero-order valence-corrected chi connectivity index (χ0v) is 9.84. The Kier molecular flexibility index (Phi) is 4.22. The molecule has 0 aliphatic rings. The van der Waals surface area contributed by atoms with Gasteiger partial charge in [-0.1, -0.05) is 15.9 Å². The minimum Gasteiger partial charge on any atom is -0.497 e. The molecular weight excluding hydrogens is 246 g/mol. The van der Waals surface area contributed by atoms with Gasteiger partial charge in [-0.2, -0.15) is 0 Å². The second-order valence-electron chi connectivity index (χ2n) is 3.11. The number of aliphatic hydroxyl groups is 1. The second kappa shape index (κ2) is 5.22. The fourth-order valence-electron chi connectivity index (χ4n) is 1.05. The molecule has 0 fully saturated rings. The van der Waals surface area contributed by atoms with Crippen LogP contribution in [0.25, 0.3) is 0 Å². The summed E-state index contributed by atoms with van der Waals surface area (Å²) >= 11 is 3.38. The van der Waals surface area contributed by atoms with Crippen LogP contribution in [0, 0.1) is 0 Å². The van der Waals surface area contributed by atoms with Crippen LogP contribution in [0.15, 0.2) is 22.7 Å². The zero-order chi connectivity index (χ0) is 10.6. The van der Waals surface area contributed by atoms with E-state index in [-0.39, 0.29) is 6.10 Å². The highest BCUT2D eigenvalue weighted by Crippen LogP contribution is 2.24. The zero-order valence-electron chi connectivity index (χ0n) is 8.25. The average molecular weight is 260 g/mol. The van der Waals surface area contributed by atoms with Crippen molar-refractivity contribution < 1.29 is 9.84 Å². The van der Waals surface area contributed by atoms with Gasteiger partial charge in [0.15, 0.2) is 0 Å². The summed E-state index contributed by atoms with van der Waals surface area (Å²) in [5, 5.41) is 12.2. The highest BCUT2D eigenvalue weighted by molar-refractivity contribution is 9.10. The molecule has 3 nitrogen and oxygen atoms in total. The van der Waals surface area contributed by atoms with Gasteiger partial charge in [0.1, 0.15) is 5.75 Å². The quantitative estimate of drug-likeness (QED) is 0.872. The molecule has 0 amide bonds. The number of halogens is 1. The number of aliphatic hydroxyl groups excluding tert-OH is 1.